The van der Waals surface area contributed by atoms with Gasteiger partial charge in [-0.1, -0.05) is 33.6 Å². The summed E-state index contributed by atoms with van der Waals surface area (Å²) in [5.41, 5.74) is 0.579. The van der Waals surface area contributed by atoms with Crippen LogP contribution in [0.2, 0.25) is 0 Å². The zero-order valence-corrected chi connectivity index (χ0v) is 14.0. The van der Waals surface area contributed by atoms with Crippen molar-refractivity contribution in [2.45, 2.75) is 57.6 Å². The maximum Gasteiger partial charge on any atom is 0.0116 e. The van der Waals surface area contributed by atoms with Crippen LogP contribution in [0, 0.1) is 5.41 Å². The molecule has 3 heteroatoms. The predicted octanol–water partition coefficient (Wildman–Crippen LogP) is 3.37. The molecule has 1 N–H and O–H groups in total. The normalized spacial score (nSPS) is 27.3. The molecule has 0 aromatic rings. The highest BCUT2D eigenvalue weighted by Crippen LogP contribution is 2.39. The fraction of sp³-hybridized carbons (Fsp3) is 1.00. The predicted molar refractivity (Wildman–Crippen MR) is 87.0 cm³/mol. The van der Waals surface area contributed by atoms with E-state index >= 15 is 0 Å². The summed E-state index contributed by atoms with van der Waals surface area (Å²) in [6, 6.07) is 0. The van der Waals surface area contributed by atoms with Crippen molar-refractivity contribution < 1.29 is 0 Å². The highest BCUT2D eigenvalue weighted by Gasteiger charge is 2.36. The van der Waals surface area contributed by atoms with Gasteiger partial charge >= 0.3 is 0 Å². The molecular weight excluding hydrogens is 252 g/mol. The third-order valence-corrected chi connectivity index (χ3v) is 6.28. The SMILES string of the molecule is CCNCC1(CN2CCSC(C)(C)CC2)CCCC1. The Hall–Kier alpha value is 0.270. The van der Waals surface area contributed by atoms with Crippen molar-refractivity contribution in [1.82, 2.24) is 10.2 Å². The van der Waals surface area contributed by atoms with Gasteiger partial charge in [-0.2, -0.15) is 11.8 Å². The summed E-state index contributed by atoms with van der Waals surface area (Å²) in [6.45, 7) is 13.3. The Morgan fingerprint density at radius 3 is 2.53 bits per heavy atom. The zero-order chi connectivity index (χ0) is 13.8. The van der Waals surface area contributed by atoms with Gasteiger partial charge in [-0.25, -0.2) is 0 Å². The van der Waals surface area contributed by atoms with Gasteiger partial charge in [0.1, 0.15) is 0 Å². The van der Waals surface area contributed by atoms with Crippen LogP contribution in [0.1, 0.15) is 52.9 Å². The van der Waals surface area contributed by atoms with E-state index in [1.165, 1.54) is 64.0 Å². The molecule has 2 rings (SSSR count). The Morgan fingerprint density at radius 1 is 1.11 bits per heavy atom. The van der Waals surface area contributed by atoms with E-state index in [2.05, 4.69) is 42.7 Å². The molecule has 2 nitrogen and oxygen atoms in total. The molecule has 1 aliphatic heterocycles. The fourth-order valence-corrected chi connectivity index (χ4v) is 4.74. The van der Waals surface area contributed by atoms with Crippen LogP contribution in [-0.2, 0) is 0 Å². The Morgan fingerprint density at radius 2 is 1.84 bits per heavy atom. The van der Waals surface area contributed by atoms with Crippen LogP contribution in [0.3, 0.4) is 0 Å². The number of nitrogens with one attached hydrogen (secondary N) is 1. The lowest BCUT2D eigenvalue weighted by molar-refractivity contribution is 0.154. The first-order valence-electron chi connectivity index (χ1n) is 8.12. The van der Waals surface area contributed by atoms with E-state index in [0.717, 1.165) is 6.54 Å². The second kappa shape index (κ2) is 6.82. The molecule has 0 bridgehead atoms. The van der Waals surface area contributed by atoms with Crippen molar-refractivity contribution in [3.05, 3.63) is 0 Å². The van der Waals surface area contributed by atoms with Gasteiger partial charge in [0, 0.05) is 30.1 Å². The monoisotopic (exact) mass is 284 g/mol. The first-order valence-corrected chi connectivity index (χ1v) is 9.11. The van der Waals surface area contributed by atoms with E-state index in [0.29, 0.717) is 10.2 Å². The summed E-state index contributed by atoms with van der Waals surface area (Å²) in [6.07, 6.45) is 7.11. The zero-order valence-electron chi connectivity index (χ0n) is 13.1. The summed E-state index contributed by atoms with van der Waals surface area (Å²) in [4.78, 5) is 2.75. The highest BCUT2D eigenvalue weighted by atomic mass is 32.2. The number of rotatable bonds is 5. The van der Waals surface area contributed by atoms with E-state index in [-0.39, 0.29) is 0 Å². The van der Waals surface area contributed by atoms with Crippen LogP contribution in [0.4, 0.5) is 0 Å². The molecule has 1 saturated heterocycles. The molecule has 1 aliphatic carbocycles. The average molecular weight is 285 g/mol. The molecule has 0 aromatic carbocycles. The summed E-state index contributed by atoms with van der Waals surface area (Å²) < 4.78 is 0.485. The van der Waals surface area contributed by atoms with Gasteiger partial charge in [0.25, 0.3) is 0 Å². The van der Waals surface area contributed by atoms with Crippen molar-refractivity contribution in [1.29, 1.82) is 0 Å². The quantitative estimate of drug-likeness (QED) is 0.833. The number of hydrogen-bond acceptors (Lipinski definition) is 3. The summed E-state index contributed by atoms with van der Waals surface area (Å²) in [5.74, 6) is 1.31. The maximum atomic E-state index is 3.62. The molecule has 0 amide bonds. The van der Waals surface area contributed by atoms with Gasteiger partial charge in [-0.3, -0.25) is 0 Å². The summed E-state index contributed by atoms with van der Waals surface area (Å²) in [7, 11) is 0. The lowest BCUT2D eigenvalue weighted by Gasteiger charge is -2.35. The first kappa shape index (κ1) is 15.7. The third kappa shape index (κ3) is 4.64. The molecule has 2 aliphatic rings. The molecule has 1 saturated carbocycles. The van der Waals surface area contributed by atoms with Crippen molar-refractivity contribution in [3.8, 4) is 0 Å². The van der Waals surface area contributed by atoms with Gasteiger partial charge in [0.2, 0.25) is 0 Å². The maximum absolute atomic E-state index is 3.62. The molecule has 0 radical (unpaired) electrons. The largest absolute Gasteiger partial charge is 0.316 e. The molecule has 0 atom stereocenters. The topological polar surface area (TPSA) is 15.3 Å². The standard InChI is InChI=1S/C16H32N2S/c1-4-17-13-16(7-5-6-8-16)14-18-10-9-15(2,3)19-12-11-18/h17H,4-14H2,1-3H3. The van der Waals surface area contributed by atoms with Gasteiger partial charge in [0.05, 0.1) is 0 Å². The van der Waals surface area contributed by atoms with Crippen molar-refractivity contribution in [3.63, 3.8) is 0 Å². The van der Waals surface area contributed by atoms with Crippen LogP contribution >= 0.6 is 11.8 Å². The van der Waals surface area contributed by atoms with E-state index in [9.17, 15) is 0 Å². The number of hydrogen-bond donors (Lipinski definition) is 1. The molecular formula is C16H32N2S. The fourth-order valence-electron chi connectivity index (χ4n) is 3.60. The molecule has 0 spiro atoms. The van der Waals surface area contributed by atoms with Crippen LogP contribution in [0.15, 0.2) is 0 Å². The van der Waals surface area contributed by atoms with Gasteiger partial charge < -0.3 is 10.2 Å². The Kier molecular flexibility index (Phi) is 5.62. The molecule has 0 aromatic heterocycles. The van der Waals surface area contributed by atoms with Crippen molar-refractivity contribution in [2.24, 2.45) is 5.41 Å². The minimum absolute atomic E-state index is 0.485. The summed E-state index contributed by atoms with van der Waals surface area (Å²) >= 11 is 2.16. The van der Waals surface area contributed by atoms with Crippen LogP contribution in [-0.4, -0.2) is 48.1 Å². The molecule has 2 fully saturated rings. The first-order chi connectivity index (χ1) is 9.05. The Bertz CT molecular complexity index is 272. The van der Waals surface area contributed by atoms with E-state index in [1.54, 1.807) is 0 Å². The van der Waals surface area contributed by atoms with E-state index < -0.39 is 0 Å². The minimum atomic E-state index is 0.485. The second-order valence-electron chi connectivity index (χ2n) is 7.12. The van der Waals surface area contributed by atoms with Crippen molar-refractivity contribution >= 4 is 11.8 Å². The van der Waals surface area contributed by atoms with Crippen molar-refractivity contribution in [2.75, 3.05) is 38.5 Å². The lowest BCUT2D eigenvalue weighted by Crippen LogP contribution is -2.43. The van der Waals surface area contributed by atoms with Gasteiger partial charge in [-0.05, 0) is 37.8 Å². The molecule has 1 heterocycles. The Labute approximate surface area is 124 Å². The van der Waals surface area contributed by atoms with Gasteiger partial charge in [-0.15, -0.1) is 0 Å². The van der Waals surface area contributed by atoms with Crippen LogP contribution in [0.5, 0.6) is 0 Å². The second-order valence-corrected chi connectivity index (χ2v) is 8.92. The van der Waals surface area contributed by atoms with Crippen LogP contribution < -0.4 is 5.32 Å². The van der Waals surface area contributed by atoms with Gasteiger partial charge in [0.15, 0.2) is 0 Å². The summed E-state index contributed by atoms with van der Waals surface area (Å²) in [5, 5.41) is 3.62. The highest BCUT2D eigenvalue weighted by molar-refractivity contribution is 8.00. The van der Waals surface area contributed by atoms with E-state index in [1.807, 2.05) is 0 Å². The number of thioether (sulfide) groups is 1. The third-order valence-electron chi connectivity index (χ3n) is 4.90. The average Bonchev–Trinajstić information content (AvgIpc) is 2.75. The Balaban J connectivity index is 1.90. The molecule has 19 heavy (non-hydrogen) atoms. The van der Waals surface area contributed by atoms with E-state index in [4.69, 9.17) is 0 Å². The minimum Gasteiger partial charge on any atom is -0.316 e. The lowest BCUT2D eigenvalue weighted by atomic mass is 9.85. The smallest absolute Gasteiger partial charge is 0.0116 e. The van der Waals surface area contributed by atoms with Crippen LogP contribution in [0.25, 0.3) is 0 Å². The molecule has 0 unspecified atom stereocenters. The number of nitrogens with zero attached hydrogens (tertiary/aromatic N) is 1. The molecule has 112 valence electrons.